The van der Waals surface area contributed by atoms with Gasteiger partial charge in [0.15, 0.2) is 0 Å². The van der Waals surface area contributed by atoms with Gasteiger partial charge in [-0.1, -0.05) is 56.3 Å². The monoisotopic (exact) mass is 453 g/mol. The fourth-order valence-corrected chi connectivity index (χ4v) is 5.17. The molecule has 0 aliphatic carbocycles. The summed E-state index contributed by atoms with van der Waals surface area (Å²) in [4.78, 5) is 23.2. The van der Waals surface area contributed by atoms with Crippen molar-refractivity contribution in [2.75, 3.05) is 26.2 Å². The van der Waals surface area contributed by atoms with Gasteiger partial charge in [-0.05, 0) is 24.6 Å². The second-order valence-corrected chi connectivity index (χ2v) is 9.28. The Kier molecular flexibility index (Phi) is 9.13. The number of thiazole rings is 1. The van der Waals surface area contributed by atoms with Gasteiger partial charge in [0.05, 0.1) is 16.3 Å². The highest BCUT2D eigenvalue weighted by molar-refractivity contribution is 7.98. The van der Waals surface area contributed by atoms with E-state index in [4.69, 9.17) is 0 Å². The Morgan fingerprint density at radius 2 is 1.68 bits per heavy atom. The maximum Gasteiger partial charge on any atom is 0.255 e. The minimum absolute atomic E-state index is 0.141. The molecule has 0 saturated carbocycles. The van der Waals surface area contributed by atoms with E-state index in [0.717, 1.165) is 59.6 Å². The van der Waals surface area contributed by atoms with E-state index in [2.05, 4.69) is 39.5 Å². The van der Waals surface area contributed by atoms with Crippen molar-refractivity contribution < 1.29 is 4.79 Å². The van der Waals surface area contributed by atoms with E-state index in [1.54, 1.807) is 23.1 Å². The molecule has 0 N–H and O–H groups in total. The zero-order valence-electron chi connectivity index (χ0n) is 18.6. The third kappa shape index (κ3) is 6.66. The van der Waals surface area contributed by atoms with E-state index in [0.29, 0.717) is 0 Å². The lowest BCUT2D eigenvalue weighted by Gasteiger charge is -2.35. The van der Waals surface area contributed by atoms with Gasteiger partial charge in [-0.25, -0.2) is 4.98 Å². The lowest BCUT2D eigenvalue weighted by atomic mass is 10.1. The smallest absolute Gasteiger partial charge is 0.255 e. The van der Waals surface area contributed by atoms with Crippen LogP contribution in [0.25, 0.3) is 0 Å². The molecule has 31 heavy (non-hydrogen) atoms. The molecule has 0 atom stereocenters. The Bertz CT molecular complexity index is 950. The van der Waals surface area contributed by atoms with Crippen molar-refractivity contribution in [3.05, 3.63) is 81.8 Å². The molecule has 2 aromatic carbocycles. The van der Waals surface area contributed by atoms with Crippen LogP contribution in [0.1, 0.15) is 40.5 Å². The van der Waals surface area contributed by atoms with Crippen molar-refractivity contribution in [3.8, 4) is 0 Å². The number of aryl methyl sites for hydroxylation is 1. The molecule has 6 heteroatoms. The summed E-state index contributed by atoms with van der Waals surface area (Å²) in [7, 11) is 0. The molecule has 0 unspecified atom stereocenters. The normalized spacial score (nSPS) is 14.1. The highest BCUT2D eigenvalue weighted by atomic mass is 32.2. The summed E-state index contributed by atoms with van der Waals surface area (Å²) in [6.45, 7) is 10.3. The van der Waals surface area contributed by atoms with Crippen LogP contribution in [-0.4, -0.2) is 46.9 Å². The number of thioether (sulfide) groups is 1. The maximum absolute atomic E-state index is 13.2. The third-order valence-corrected chi connectivity index (χ3v) is 7.00. The number of nitrogens with zero attached hydrogens (tertiary/aromatic N) is 3. The van der Waals surface area contributed by atoms with Gasteiger partial charge in [-0.15, -0.1) is 23.1 Å². The van der Waals surface area contributed by atoms with Crippen LogP contribution in [0.4, 0.5) is 0 Å². The minimum atomic E-state index is 0.141. The standard InChI is InChI=1S/C23H25N3OS2.C2H6/c1-18-24-20(16-28-18)17-29-22-10-6-5-9-21(22)23(27)26-13-11-25(12-14-26)15-19-7-3-2-4-8-19;1-2/h2-10,16H,11-15,17H2,1H3;1-2H3. The first-order valence-electron chi connectivity index (χ1n) is 10.9. The van der Waals surface area contributed by atoms with Gasteiger partial charge in [0.25, 0.3) is 5.91 Å². The molecule has 1 fully saturated rings. The summed E-state index contributed by atoms with van der Waals surface area (Å²) in [5.41, 5.74) is 3.21. The first-order chi connectivity index (χ1) is 15.2. The summed E-state index contributed by atoms with van der Waals surface area (Å²) >= 11 is 3.36. The number of benzene rings is 2. The van der Waals surface area contributed by atoms with E-state index in [-0.39, 0.29) is 5.91 Å². The van der Waals surface area contributed by atoms with E-state index in [1.807, 2.05) is 56.0 Å². The quantitative estimate of drug-likeness (QED) is 0.447. The van der Waals surface area contributed by atoms with Crippen LogP contribution in [-0.2, 0) is 12.3 Å². The van der Waals surface area contributed by atoms with Crippen LogP contribution in [0.2, 0.25) is 0 Å². The average molecular weight is 454 g/mol. The number of amides is 1. The first kappa shape index (κ1) is 23.5. The molecule has 164 valence electrons. The van der Waals surface area contributed by atoms with Gasteiger partial charge in [-0.2, -0.15) is 0 Å². The lowest BCUT2D eigenvalue weighted by Crippen LogP contribution is -2.48. The Morgan fingerprint density at radius 1 is 1.00 bits per heavy atom. The maximum atomic E-state index is 13.2. The molecule has 4 nitrogen and oxygen atoms in total. The summed E-state index contributed by atoms with van der Waals surface area (Å²) < 4.78 is 0. The SMILES string of the molecule is CC.Cc1nc(CSc2ccccc2C(=O)N2CCN(Cc3ccccc3)CC2)cs1. The molecule has 0 spiro atoms. The molecule has 3 aromatic rings. The lowest BCUT2D eigenvalue weighted by molar-refractivity contribution is 0.0625. The molecular formula is C25H31N3OS2. The summed E-state index contributed by atoms with van der Waals surface area (Å²) in [5.74, 6) is 0.932. The minimum Gasteiger partial charge on any atom is -0.336 e. The number of hydrogen-bond donors (Lipinski definition) is 0. The Morgan fingerprint density at radius 3 is 2.35 bits per heavy atom. The van der Waals surface area contributed by atoms with Crippen LogP contribution in [0.3, 0.4) is 0 Å². The molecule has 1 saturated heterocycles. The zero-order chi connectivity index (χ0) is 22.1. The average Bonchev–Trinajstić information content (AvgIpc) is 3.25. The van der Waals surface area contributed by atoms with Crippen molar-refractivity contribution in [2.45, 2.75) is 38.0 Å². The molecule has 0 radical (unpaired) electrons. The van der Waals surface area contributed by atoms with E-state index in [1.165, 1.54) is 5.56 Å². The Balaban J connectivity index is 0.00000132. The van der Waals surface area contributed by atoms with Crippen molar-refractivity contribution in [2.24, 2.45) is 0 Å². The molecule has 2 heterocycles. The predicted octanol–water partition coefficient (Wildman–Crippen LogP) is 5.73. The number of hydrogen-bond acceptors (Lipinski definition) is 5. The summed E-state index contributed by atoms with van der Waals surface area (Å²) in [6, 6.07) is 18.5. The van der Waals surface area contributed by atoms with E-state index >= 15 is 0 Å². The summed E-state index contributed by atoms with van der Waals surface area (Å²) in [6.07, 6.45) is 0. The van der Waals surface area contributed by atoms with Gasteiger partial charge >= 0.3 is 0 Å². The van der Waals surface area contributed by atoms with Gasteiger partial charge < -0.3 is 4.90 Å². The highest BCUT2D eigenvalue weighted by Crippen LogP contribution is 2.28. The zero-order valence-corrected chi connectivity index (χ0v) is 20.2. The number of piperazine rings is 1. The molecule has 1 aliphatic rings. The summed E-state index contributed by atoms with van der Waals surface area (Å²) in [5, 5.41) is 3.18. The van der Waals surface area contributed by atoms with Gasteiger partial charge in [0, 0.05) is 48.8 Å². The molecule has 1 aliphatic heterocycles. The molecule has 0 bridgehead atoms. The topological polar surface area (TPSA) is 36.4 Å². The number of rotatable bonds is 6. The molecular weight excluding hydrogens is 422 g/mol. The van der Waals surface area contributed by atoms with Gasteiger partial charge in [0.2, 0.25) is 0 Å². The van der Waals surface area contributed by atoms with Crippen molar-refractivity contribution in [1.29, 1.82) is 0 Å². The number of carbonyl (C=O) groups is 1. The van der Waals surface area contributed by atoms with Crippen LogP contribution in [0.15, 0.2) is 64.9 Å². The van der Waals surface area contributed by atoms with Crippen LogP contribution in [0.5, 0.6) is 0 Å². The van der Waals surface area contributed by atoms with E-state index in [9.17, 15) is 4.79 Å². The highest BCUT2D eigenvalue weighted by Gasteiger charge is 2.24. The largest absolute Gasteiger partial charge is 0.336 e. The number of carbonyl (C=O) groups excluding carboxylic acids is 1. The van der Waals surface area contributed by atoms with Gasteiger partial charge in [-0.3, -0.25) is 9.69 Å². The molecule has 1 aromatic heterocycles. The fourth-order valence-electron chi connectivity index (χ4n) is 3.52. The van der Waals surface area contributed by atoms with Crippen molar-refractivity contribution in [3.63, 3.8) is 0 Å². The fraction of sp³-hybridized carbons (Fsp3) is 0.360. The first-order valence-corrected chi connectivity index (χ1v) is 12.7. The van der Waals surface area contributed by atoms with Crippen LogP contribution >= 0.6 is 23.1 Å². The molecule has 1 amide bonds. The van der Waals surface area contributed by atoms with Gasteiger partial charge in [0.1, 0.15) is 0 Å². The van der Waals surface area contributed by atoms with Crippen LogP contribution < -0.4 is 0 Å². The van der Waals surface area contributed by atoms with E-state index < -0.39 is 0 Å². The van der Waals surface area contributed by atoms with Crippen LogP contribution in [0, 0.1) is 6.92 Å². The Labute approximate surface area is 194 Å². The second kappa shape index (κ2) is 12.0. The van der Waals surface area contributed by atoms with Crippen molar-refractivity contribution in [1.82, 2.24) is 14.8 Å². The second-order valence-electron chi connectivity index (χ2n) is 7.20. The van der Waals surface area contributed by atoms with Crippen molar-refractivity contribution >= 4 is 29.0 Å². The number of aromatic nitrogens is 1. The Hall–Kier alpha value is -2.15. The third-order valence-electron chi connectivity index (χ3n) is 5.07. The molecule has 4 rings (SSSR count). The predicted molar refractivity (Wildman–Crippen MR) is 132 cm³/mol.